The summed E-state index contributed by atoms with van der Waals surface area (Å²) < 4.78 is 0. The van der Waals surface area contributed by atoms with Gasteiger partial charge in [-0.2, -0.15) is 0 Å². The zero-order valence-electron chi connectivity index (χ0n) is 17.9. The first-order valence-corrected chi connectivity index (χ1v) is 11.0. The van der Waals surface area contributed by atoms with E-state index in [-0.39, 0.29) is 5.41 Å². The molecule has 0 aromatic heterocycles. The first kappa shape index (κ1) is 20.2. The van der Waals surface area contributed by atoms with Gasteiger partial charge in [-0.1, -0.05) is 108 Å². The maximum atomic E-state index is 2.54. The van der Waals surface area contributed by atoms with Crippen LogP contribution in [-0.4, -0.2) is 0 Å². The fraction of sp³-hybridized carbons (Fsp3) is 0.556. The van der Waals surface area contributed by atoms with Crippen LogP contribution in [0.15, 0.2) is 60.7 Å². The van der Waals surface area contributed by atoms with Crippen LogP contribution in [0.3, 0.4) is 0 Å². The summed E-state index contributed by atoms with van der Waals surface area (Å²) in [7, 11) is 0. The lowest BCUT2D eigenvalue weighted by molar-refractivity contribution is 0.108. The van der Waals surface area contributed by atoms with Crippen molar-refractivity contribution in [3.8, 4) is 0 Å². The second kappa shape index (κ2) is 8.63. The molecule has 0 bridgehead atoms. The highest BCUT2D eigenvalue weighted by atomic mass is 14.4. The lowest BCUT2D eigenvalue weighted by Gasteiger charge is -2.45. The number of hydrogen-bond donors (Lipinski definition) is 0. The lowest BCUT2D eigenvalue weighted by atomic mass is 9.60. The molecule has 27 heavy (non-hydrogen) atoms. The van der Waals surface area contributed by atoms with Gasteiger partial charge in [-0.05, 0) is 59.5 Å². The molecule has 2 atom stereocenters. The van der Waals surface area contributed by atoms with E-state index in [0.717, 1.165) is 5.92 Å². The van der Waals surface area contributed by atoms with Crippen molar-refractivity contribution in [1.29, 1.82) is 0 Å². The van der Waals surface area contributed by atoms with Crippen LogP contribution in [0.4, 0.5) is 0 Å². The number of rotatable bonds is 7. The quantitative estimate of drug-likeness (QED) is 0.466. The summed E-state index contributed by atoms with van der Waals surface area (Å²) in [6.07, 6.45) is 9.61. The summed E-state index contributed by atoms with van der Waals surface area (Å²) in [6, 6.07) is 22.4. The molecule has 0 heteroatoms. The van der Waals surface area contributed by atoms with E-state index in [9.17, 15) is 0 Å². The van der Waals surface area contributed by atoms with E-state index in [2.05, 4.69) is 88.4 Å². The maximum Gasteiger partial charge on any atom is -0.00644 e. The summed E-state index contributed by atoms with van der Waals surface area (Å²) in [5.74, 6) is 1.44. The van der Waals surface area contributed by atoms with Crippen LogP contribution in [0.1, 0.15) is 89.7 Å². The Morgan fingerprint density at radius 1 is 0.815 bits per heavy atom. The van der Waals surface area contributed by atoms with Gasteiger partial charge in [0.05, 0.1) is 0 Å². The van der Waals surface area contributed by atoms with Crippen molar-refractivity contribution in [2.45, 2.75) is 84.0 Å². The van der Waals surface area contributed by atoms with Crippen molar-refractivity contribution in [3.63, 3.8) is 0 Å². The summed E-state index contributed by atoms with van der Waals surface area (Å²) in [5, 5.41) is 0. The Kier molecular flexibility index (Phi) is 6.45. The van der Waals surface area contributed by atoms with E-state index in [1.807, 2.05) is 0 Å². The molecule has 0 heterocycles. The molecule has 0 N–H and O–H groups in total. The van der Waals surface area contributed by atoms with Crippen molar-refractivity contribution in [3.05, 3.63) is 71.8 Å². The van der Waals surface area contributed by atoms with Crippen molar-refractivity contribution < 1.29 is 0 Å². The summed E-state index contributed by atoms with van der Waals surface area (Å²) in [5.41, 5.74) is 3.57. The third-order valence-electron chi connectivity index (χ3n) is 7.15. The minimum absolute atomic E-state index is 0.206. The molecule has 3 rings (SSSR count). The second-order valence-electron chi connectivity index (χ2n) is 9.94. The Hall–Kier alpha value is -1.56. The monoisotopic (exact) mass is 362 g/mol. The molecule has 146 valence electrons. The highest BCUT2D eigenvalue weighted by Crippen LogP contribution is 2.49. The van der Waals surface area contributed by atoms with Crippen LogP contribution < -0.4 is 0 Å². The van der Waals surface area contributed by atoms with Gasteiger partial charge in [-0.3, -0.25) is 0 Å². The van der Waals surface area contributed by atoms with Gasteiger partial charge in [0.1, 0.15) is 0 Å². The number of benzene rings is 2. The van der Waals surface area contributed by atoms with E-state index >= 15 is 0 Å². The summed E-state index contributed by atoms with van der Waals surface area (Å²) in [4.78, 5) is 0. The van der Waals surface area contributed by atoms with E-state index in [1.54, 1.807) is 0 Å². The molecule has 0 radical (unpaired) electrons. The van der Waals surface area contributed by atoms with Gasteiger partial charge in [0.25, 0.3) is 0 Å². The van der Waals surface area contributed by atoms with Crippen molar-refractivity contribution in [2.75, 3.05) is 0 Å². The molecular weight excluding hydrogens is 324 g/mol. The van der Waals surface area contributed by atoms with Gasteiger partial charge in [0.2, 0.25) is 0 Å². The molecule has 2 aromatic rings. The molecule has 0 saturated heterocycles. The van der Waals surface area contributed by atoms with Crippen LogP contribution >= 0.6 is 0 Å². The van der Waals surface area contributed by atoms with E-state index in [0.29, 0.717) is 11.3 Å². The molecule has 2 unspecified atom stereocenters. The number of hydrogen-bond acceptors (Lipinski definition) is 0. The average molecular weight is 363 g/mol. The van der Waals surface area contributed by atoms with Crippen LogP contribution in [0.25, 0.3) is 0 Å². The minimum Gasteiger partial charge on any atom is -0.0622 e. The van der Waals surface area contributed by atoms with Crippen molar-refractivity contribution in [1.82, 2.24) is 0 Å². The molecular formula is C27H38. The lowest BCUT2D eigenvalue weighted by Crippen LogP contribution is -2.36. The van der Waals surface area contributed by atoms with E-state index in [4.69, 9.17) is 0 Å². The molecule has 1 aliphatic carbocycles. The Morgan fingerprint density at radius 2 is 1.37 bits per heavy atom. The van der Waals surface area contributed by atoms with Crippen LogP contribution in [-0.2, 0) is 5.41 Å². The Balaban J connectivity index is 1.86. The first-order chi connectivity index (χ1) is 12.9. The average Bonchev–Trinajstić information content (AvgIpc) is 2.69. The summed E-state index contributed by atoms with van der Waals surface area (Å²) >= 11 is 0. The Morgan fingerprint density at radius 3 is 1.96 bits per heavy atom. The third kappa shape index (κ3) is 5.03. The zero-order valence-corrected chi connectivity index (χ0v) is 17.9. The molecule has 1 aliphatic rings. The van der Waals surface area contributed by atoms with Gasteiger partial charge in [-0.15, -0.1) is 0 Å². The van der Waals surface area contributed by atoms with E-state index in [1.165, 1.54) is 56.1 Å². The predicted octanol–water partition coefficient (Wildman–Crippen LogP) is 8.13. The van der Waals surface area contributed by atoms with Crippen molar-refractivity contribution >= 4 is 0 Å². The third-order valence-corrected chi connectivity index (χ3v) is 7.15. The van der Waals surface area contributed by atoms with Crippen LogP contribution in [0.5, 0.6) is 0 Å². The fourth-order valence-electron chi connectivity index (χ4n) is 5.74. The second-order valence-corrected chi connectivity index (χ2v) is 9.94. The largest absolute Gasteiger partial charge is 0.0622 e. The highest BCUT2D eigenvalue weighted by molar-refractivity contribution is 5.28. The zero-order chi connectivity index (χ0) is 19.3. The molecule has 0 nitrogen and oxygen atoms in total. The molecule has 0 amide bonds. The molecule has 2 aromatic carbocycles. The van der Waals surface area contributed by atoms with E-state index < -0.39 is 0 Å². The molecule has 0 aliphatic heterocycles. The van der Waals surface area contributed by atoms with Crippen LogP contribution in [0, 0.1) is 11.3 Å². The first-order valence-electron chi connectivity index (χ1n) is 11.0. The van der Waals surface area contributed by atoms with Gasteiger partial charge >= 0.3 is 0 Å². The summed E-state index contributed by atoms with van der Waals surface area (Å²) in [6.45, 7) is 10.0. The Bertz CT molecular complexity index is 678. The fourth-order valence-corrected chi connectivity index (χ4v) is 5.74. The smallest absolute Gasteiger partial charge is 0.00644 e. The van der Waals surface area contributed by atoms with Gasteiger partial charge < -0.3 is 0 Å². The van der Waals surface area contributed by atoms with Gasteiger partial charge in [-0.25, -0.2) is 0 Å². The van der Waals surface area contributed by atoms with Crippen LogP contribution in [0.2, 0.25) is 0 Å². The van der Waals surface area contributed by atoms with Gasteiger partial charge in [0, 0.05) is 0 Å². The predicted molar refractivity (Wildman–Crippen MR) is 118 cm³/mol. The highest BCUT2D eigenvalue weighted by Gasteiger charge is 2.39. The molecule has 1 fully saturated rings. The molecule has 1 saturated carbocycles. The normalized spacial score (nSPS) is 19.4. The SMILES string of the molecule is CC(CC(C)(CC(C)(C)C1CCCCC1)c1ccccc1)c1ccccc1. The standard InChI is InChI=1S/C27H38/c1-22(23-14-8-5-9-15-23)20-27(4,25-18-12-7-13-19-25)21-26(2,3)24-16-10-6-11-17-24/h5,7-9,12-15,18-19,22,24H,6,10-11,16-17,20-21H2,1-4H3. The van der Waals surface area contributed by atoms with Crippen molar-refractivity contribution in [2.24, 2.45) is 11.3 Å². The topological polar surface area (TPSA) is 0 Å². The molecule has 0 spiro atoms. The maximum absolute atomic E-state index is 2.54. The minimum atomic E-state index is 0.206. The van der Waals surface area contributed by atoms with Gasteiger partial charge in [0.15, 0.2) is 0 Å². The Labute approximate surface area is 167 Å².